The molecule has 2 aromatic rings. The zero-order valence-electron chi connectivity index (χ0n) is 10.3. The van der Waals surface area contributed by atoms with E-state index in [-0.39, 0.29) is 6.04 Å². The van der Waals surface area contributed by atoms with Gasteiger partial charge in [-0.15, -0.1) is 0 Å². The van der Waals surface area contributed by atoms with Gasteiger partial charge in [0.25, 0.3) is 0 Å². The molecule has 0 bridgehead atoms. The molecule has 0 amide bonds. The van der Waals surface area contributed by atoms with Gasteiger partial charge in [-0.05, 0) is 59.0 Å². The van der Waals surface area contributed by atoms with Crippen molar-refractivity contribution < 1.29 is 0 Å². The monoisotopic (exact) mass is 375 g/mol. The van der Waals surface area contributed by atoms with Gasteiger partial charge in [-0.25, -0.2) is 0 Å². The molecule has 0 fully saturated rings. The standard InChI is InChI=1S/C13H15ClIN3/c1-3-16-13(12-6-7-18(2)17-12)10-8-9(14)4-5-11(10)15/h4-8,13,16H,3H2,1-2H3. The van der Waals surface area contributed by atoms with Crippen LogP contribution in [0.4, 0.5) is 0 Å². The number of nitrogens with zero attached hydrogens (tertiary/aromatic N) is 2. The van der Waals surface area contributed by atoms with Crippen LogP contribution >= 0.6 is 34.2 Å². The van der Waals surface area contributed by atoms with E-state index in [0.717, 1.165) is 17.3 Å². The molecule has 0 aliphatic carbocycles. The van der Waals surface area contributed by atoms with Gasteiger partial charge in [0.05, 0.1) is 11.7 Å². The fraction of sp³-hybridized carbons (Fsp3) is 0.308. The van der Waals surface area contributed by atoms with Gasteiger partial charge in [0, 0.05) is 21.8 Å². The molecule has 1 heterocycles. The lowest BCUT2D eigenvalue weighted by Gasteiger charge is -2.18. The summed E-state index contributed by atoms with van der Waals surface area (Å²) in [6.07, 6.45) is 1.96. The van der Waals surface area contributed by atoms with Crippen molar-refractivity contribution in [2.75, 3.05) is 6.54 Å². The van der Waals surface area contributed by atoms with Crippen LogP contribution in [-0.2, 0) is 7.05 Å². The molecular formula is C13H15ClIN3. The van der Waals surface area contributed by atoms with Gasteiger partial charge in [0.15, 0.2) is 0 Å². The van der Waals surface area contributed by atoms with E-state index in [1.54, 1.807) is 0 Å². The van der Waals surface area contributed by atoms with Crippen molar-refractivity contribution in [2.24, 2.45) is 7.05 Å². The molecule has 0 saturated heterocycles. The highest BCUT2D eigenvalue weighted by molar-refractivity contribution is 14.1. The van der Waals surface area contributed by atoms with Crippen LogP contribution in [-0.4, -0.2) is 16.3 Å². The van der Waals surface area contributed by atoms with E-state index in [4.69, 9.17) is 11.6 Å². The first-order valence-corrected chi connectivity index (χ1v) is 7.25. The summed E-state index contributed by atoms with van der Waals surface area (Å²) in [5.74, 6) is 0. The van der Waals surface area contributed by atoms with Gasteiger partial charge in [-0.2, -0.15) is 5.10 Å². The summed E-state index contributed by atoms with van der Waals surface area (Å²) in [6.45, 7) is 2.97. The Morgan fingerprint density at radius 3 is 2.83 bits per heavy atom. The Labute approximate surface area is 126 Å². The predicted molar refractivity (Wildman–Crippen MR) is 82.9 cm³/mol. The van der Waals surface area contributed by atoms with Gasteiger partial charge in [0.2, 0.25) is 0 Å². The first kappa shape index (κ1) is 13.8. The Balaban J connectivity index is 2.44. The van der Waals surface area contributed by atoms with Crippen molar-refractivity contribution in [3.63, 3.8) is 0 Å². The summed E-state index contributed by atoms with van der Waals surface area (Å²) in [5, 5.41) is 8.70. The minimum absolute atomic E-state index is 0.0850. The maximum atomic E-state index is 6.10. The van der Waals surface area contributed by atoms with E-state index in [1.807, 2.05) is 42.2 Å². The van der Waals surface area contributed by atoms with E-state index in [2.05, 4.69) is 39.9 Å². The third-order valence-electron chi connectivity index (χ3n) is 2.71. The van der Waals surface area contributed by atoms with Crippen molar-refractivity contribution in [3.8, 4) is 0 Å². The van der Waals surface area contributed by atoms with E-state index < -0.39 is 0 Å². The van der Waals surface area contributed by atoms with Crippen LogP contribution in [0.15, 0.2) is 30.5 Å². The smallest absolute Gasteiger partial charge is 0.0839 e. The molecule has 0 spiro atoms. The first-order chi connectivity index (χ1) is 8.61. The Bertz CT molecular complexity index is 539. The largest absolute Gasteiger partial charge is 0.305 e. The third kappa shape index (κ3) is 3.05. The molecule has 0 radical (unpaired) electrons. The molecule has 1 aromatic carbocycles. The van der Waals surface area contributed by atoms with Crippen LogP contribution in [0, 0.1) is 3.57 Å². The molecule has 1 aromatic heterocycles. The highest BCUT2D eigenvalue weighted by Crippen LogP contribution is 2.27. The van der Waals surface area contributed by atoms with E-state index in [0.29, 0.717) is 0 Å². The molecule has 1 unspecified atom stereocenters. The fourth-order valence-corrected chi connectivity index (χ4v) is 2.73. The summed E-state index contributed by atoms with van der Waals surface area (Å²) in [7, 11) is 1.93. The molecule has 2 rings (SSSR count). The average molecular weight is 376 g/mol. The minimum atomic E-state index is 0.0850. The topological polar surface area (TPSA) is 29.9 Å². The van der Waals surface area contributed by atoms with Crippen molar-refractivity contribution in [2.45, 2.75) is 13.0 Å². The Kier molecular flexibility index (Phi) is 4.64. The number of hydrogen-bond acceptors (Lipinski definition) is 2. The highest BCUT2D eigenvalue weighted by atomic mass is 127. The molecular weight excluding hydrogens is 361 g/mol. The molecule has 18 heavy (non-hydrogen) atoms. The maximum absolute atomic E-state index is 6.10. The second kappa shape index (κ2) is 6.04. The fourth-order valence-electron chi connectivity index (χ4n) is 1.90. The second-order valence-electron chi connectivity index (χ2n) is 4.07. The number of aromatic nitrogens is 2. The predicted octanol–water partition coefficient (Wildman–Crippen LogP) is 3.38. The van der Waals surface area contributed by atoms with E-state index in [1.165, 1.54) is 9.13 Å². The van der Waals surface area contributed by atoms with Crippen LogP contribution in [0.25, 0.3) is 0 Å². The van der Waals surface area contributed by atoms with Crippen LogP contribution in [0.1, 0.15) is 24.2 Å². The van der Waals surface area contributed by atoms with Crippen molar-refractivity contribution >= 4 is 34.2 Å². The molecule has 0 saturated carbocycles. The second-order valence-corrected chi connectivity index (χ2v) is 5.67. The van der Waals surface area contributed by atoms with Crippen LogP contribution < -0.4 is 5.32 Å². The zero-order chi connectivity index (χ0) is 13.1. The summed E-state index contributed by atoms with van der Waals surface area (Å²) in [5.41, 5.74) is 2.18. The molecule has 0 aliphatic rings. The number of rotatable bonds is 4. The number of halogens is 2. The van der Waals surface area contributed by atoms with Crippen molar-refractivity contribution in [1.29, 1.82) is 0 Å². The van der Waals surface area contributed by atoms with E-state index in [9.17, 15) is 0 Å². The number of benzene rings is 1. The molecule has 3 nitrogen and oxygen atoms in total. The zero-order valence-corrected chi connectivity index (χ0v) is 13.2. The SMILES string of the molecule is CCNC(c1ccn(C)n1)c1cc(Cl)ccc1I. The van der Waals surface area contributed by atoms with Crippen molar-refractivity contribution in [3.05, 3.63) is 50.3 Å². The number of nitrogens with one attached hydrogen (secondary N) is 1. The van der Waals surface area contributed by atoms with E-state index >= 15 is 0 Å². The molecule has 1 atom stereocenters. The van der Waals surface area contributed by atoms with Gasteiger partial charge in [-0.3, -0.25) is 4.68 Å². The van der Waals surface area contributed by atoms with Crippen LogP contribution in [0.5, 0.6) is 0 Å². The first-order valence-electron chi connectivity index (χ1n) is 5.79. The lowest BCUT2D eigenvalue weighted by atomic mass is 10.0. The normalized spacial score (nSPS) is 12.7. The average Bonchev–Trinajstić information content (AvgIpc) is 2.76. The van der Waals surface area contributed by atoms with Crippen LogP contribution in [0.3, 0.4) is 0 Å². The van der Waals surface area contributed by atoms with Gasteiger partial charge < -0.3 is 5.32 Å². The molecule has 0 aliphatic heterocycles. The van der Waals surface area contributed by atoms with Gasteiger partial charge in [-0.1, -0.05) is 18.5 Å². The highest BCUT2D eigenvalue weighted by Gasteiger charge is 2.18. The molecule has 5 heteroatoms. The molecule has 96 valence electrons. The van der Waals surface area contributed by atoms with Crippen LogP contribution in [0.2, 0.25) is 5.02 Å². The third-order valence-corrected chi connectivity index (χ3v) is 3.92. The lowest BCUT2D eigenvalue weighted by molar-refractivity contribution is 0.598. The quantitative estimate of drug-likeness (QED) is 0.830. The Morgan fingerprint density at radius 1 is 1.44 bits per heavy atom. The minimum Gasteiger partial charge on any atom is -0.305 e. The maximum Gasteiger partial charge on any atom is 0.0839 e. The number of aryl methyl sites for hydroxylation is 1. The summed E-state index contributed by atoms with van der Waals surface area (Å²) in [6, 6.07) is 8.07. The lowest BCUT2D eigenvalue weighted by Crippen LogP contribution is -2.23. The van der Waals surface area contributed by atoms with Crippen molar-refractivity contribution in [1.82, 2.24) is 15.1 Å². The Hall–Kier alpha value is -0.590. The summed E-state index contributed by atoms with van der Waals surface area (Å²) >= 11 is 8.43. The Morgan fingerprint density at radius 2 is 2.22 bits per heavy atom. The summed E-state index contributed by atoms with van der Waals surface area (Å²) in [4.78, 5) is 0. The number of hydrogen-bond donors (Lipinski definition) is 1. The summed E-state index contributed by atoms with van der Waals surface area (Å²) < 4.78 is 3.01. The molecule has 1 N–H and O–H groups in total. The van der Waals surface area contributed by atoms with Gasteiger partial charge in [0.1, 0.15) is 0 Å². The van der Waals surface area contributed by atoms with Gasteiger partial charge >= 0.3 is 0 Å².